The molecule has 4 nitrogen and oxygen atoms in total. The van der Waals surface area contributed by atoms with Crippen molar-refractivity contribution in [2.45, 2.75) is 32.8 Å². The molecular weight excluding hydrogens is 220 g/mol. The van der Waals surface area contributed by atoms with E-state index in [0.717, 1.165) is 12.8 Å². The molecule has 1 aliphatic rings. The van der Waals surface area contributed by atoms with E-state index < -0.39 is 0 Å². The second-order valence-electron chi connectivity index (χ2n) is 3.90. The maximum atomic E-state index is 11.7. The summed E-state index contributed by atoms with van der Waals surface area (Å²) >= 11 is 0. The van der Waals surface area contributed by atoms with Gasteiger partial charge >= 0.3 is 5.97 Å². The Morgan fingerprint density at radius 3 is 2.82 bits per heavy atom. The van der Waals surface area contributed by atoms with Crippen molar-refractivity contribution in [2.24, 2.45) is 5.92 Å². The number of hydrogen-bond acceptors (Lipinski definition) is 4. The van der Waals surface area contributed by atoms with Crippen molar-refractivity contribution < 1.29 is 19.0 Å². The van der Waals surface area contributed by atoms with Crippen molar-refractivity contribution in [1.82, 2.24) is 0 Å². The van der Waals surface area contributed by atoms with E-state index in [-0.39, 0.29) is 18.0 Å². The fourth-order valence-electron chi connectivity index (χ4n) is 1.86. The Kier molecular flexibility index (Phi) is 6.89. The topological polar surface area (TPSA) is 44.8 Å². The number of hydrogen-bond donors (Lipinski definition) is 0. The number of rotatable bonds is 7. The zero-order valence-corrected chi connectivity index (χ0v) is 10.7. The monoisotopic (exact) mass is 242 g/mol. The van der Waals surface area contributed by atoms with E-state index in [1.165, 1.54) is 0 Å². The van der Waals surface area contributed by atoms with Crippen LogP contribution in [-0.4, -0.2) is 38.5 Å². The molecule has 0 amide bonds. The van der Waals surface area contributed by atoms with E-state index in [0.29, 0.717) is 26.4 Å². The van der Waals surface area contributed by atoms with Crippen LogP contribution in [0.2, 0.25) is 0 Å². The third-order valence-electron chi connectivity index (χ3n) is 2.70. The lowest BCUT2D eigenvalue weighted by Crippen LogP contribution is -2.33. The summed E-state index contributed by atoms with van der Waals surface area (Å²) in [4.78, 5) is 11.7. The molecule has 0 saturated heterocycles. The van der Waals surface area contributed by atoms with Crippen LogP contribution >= 0.6 is 0 Å². The van der Waals surface area contributed by atoms with Gasteiger partial charge in [-0.05, 0) is 26.7 Å². The summed E-state index contributed by atoms with van der Waals surface area (Å²) in [6, 6.07) is 0. The van der Waals surface area contributed by atoms with Gasteiger partial charge in [-0.25, -0.2) is 0 Å². The molecule has 2 unspecified atom stereocenters. The summed E-state index contributed by atoms with van der Waals surface area (Å²) in [5.41, 5.74) is 0. The minimum absolute atomic E-state index is 0.154. The molecule has 0 aromatic carbocycles. The highest BCUT2D eigenvalue weighted by Gasteiger charge is 2.29. The Morgan fingerprint density at radius 2 is 2.12 bits per heavy atom. The highest BCUT2D eigenvalue weighted by Crippen LogP contribution is 2.23. The molecule has 0 bridgehead atoms. The van der Waals surface area contributed by atoms with Gasteiger partial charge in [-0.1, -0.05) is 12.2 Å². The first kappa shape index (κ1) is 14.2. The van der Waals surface area contributed by atoms with Crippen LogP contribution in [0.25, 0.3) is 0 Å². The van der Waals surface area contributed by atoms with E-state index >= 15 is 0 Å². The van der Waals surface area contributed by atoms with E-state index in [1.807, 2.05) is 19.9 Å². The van der Waals surface area contributed by atoms with Gasteiger partial charge in [-0.3, -0.25) is 4.79 Å². The minimum Gasteiger partial charge on any atom is -0.466 e. The van der Waals surface area contributed by atoms with E-state index in [4.69, 9.17) is 14.2 Å². The number of ether oxygens (including phenoxy) is 3. The molecule has 0 aromatic rings. The van der Waals surface area contributed by atoms with Gasteiger partial charge in [0.05, 0.1) is 31.8 Å². The first-order valence-corrected chi connectivity index (χ1v) is 6.32. The Labute approximate surface area is 103 Å². The molecule has 17 heavy (non-hydrogen) atoms. The van der Waals surface area contributed by atoms with Crippen LogP contribution in [0.1, 0.15) is 26.7 Å². The molecule has 98 valence electrons. The predicted octanol–water partition coefficient (Wildman–Crippen LogP) is 1.94. The van der Waals surface area contributed by atoms with Gasteiger partial charge in [0, 0.05) is 6.61 Å². The number of carbonyl (C=O) groups excluding carboxylic acids is 1. The molecule has 0 fully saturated rings. The Balaban J connectivity index is 2.39. The molecule has 0 aliphatic heterocycles. The van der Waals surface area contributed by atoms with Crippen molar-refractivity contribution in [3.8, 4) is 0 Å². The van der Waals surface area contributed by atoms with Gasteiger partial charge in [0.15, 0.2) is 0 Å². The first-order chi connectivity index (χ1) is 8.29. The Morgan fingerprint density at radius 1 is 1.29 bits per heavy atom. The summed E-state index contributed by atoms with van der Waals surface area (Å²) in [7, 11) is 0. The van der Waals surface area contributed by atoms with Crippen molar-refractivity contribution >= 4 is 5.97 Å². The van der Waals surface area contributed by atoms with Crippen LogP contribution < -0.4 is 0 Å². The fraction of sp³-hybridized carbons (Fsp3) is 0.769. The SMILES string of the molecule is CCOCCOC1C=CCCC1C(=O)OCC. The maximum absolute atomic E-state index is 11.7. The zero-order chi connectivity index (χ0) is 12.5. The van der Waals surface area contributed by atoms with Crippen LogP contribution in [0.4, 0.5) is 0 Å². The smallest absolute Gasteiger partial charge is 0.311 e. The number of allylic oxidation sites excluding steroid dienone is 1. The standard InChI is InChI=1S/C13H22O4/c1-3-15-9-10-17-12-8-6-5-7-11(12)13(14)16-4-2/h6,8,11-12H,3-5,7,9-10H2,1-2H3. The first-order valence-electron chi connectivity index (χ1n) is 6.32. The predicted molar refractivity (Wildman–Crippen MR) is 64.7 cm³/mol. The summed E-state index contributed by atoms with van der Waals surface area (Å²) in [5, 5.41) is 0. The van der Waals surface area contributed by atoms with Crippen LogP contribution in [0.5, 0.6) is 0 Å². The Hall–Kier alpha value is -0.870. The molecule has 0 radical (unpaired) electrons. The number of carbonyl (C=O) groups is 1. The van der Waals surface area contributed by atoms with E-state index in [2.05, 4.69) is 6.08 Å². The third-order valence-corrected chi connectivity index (χ3v) is 2.70. The van der Waals surface area contributed by atoms with E-state index in [1.54, 1.807) is 0 Å². The summed E-state index contributed by atoms with van der Waals surface area (Å²) in [6.07, 6.45) is 5.56. The lowest BCUT2D eigenvalue weighted by Gasteiger charge is -2.25. The second-order valence-corrected chi connectivity index (χ2v) is 3.90. The molecule has 4 heteroatoms. The summed E-state index contributed by atoms with van der Waals surface area (Å²) in [6.45, 7) is 5.95. The molecule has 0 saturated carbocycles. The molecule has 1 aliphatic carbocycles. The minimum atomic E-state index is -0.165. The zero-order valence-electron chi connectivity index (χ0n) is 10.7. The summed E-state index contributed by atoms with van der Waals surface area (Å²) < 4.78 is 15.9. The van der Waals surface area contributed by atoms with Crippen molar-refractivity contribution in [3.63, 3.8) is 0 Å². The molecule has 0 N–H and O–H groups in total. The van der Waals surface area contributed by atoms with Gasteiger partial charge in [0.25, 0.3) is 0 Å². The quantitative estimate of drug-likeness (QED) is 0.389. The average Bonchev–Trinajstić information content (AvgIpc) is 2.35. The summed E-state index contributed by atoms with van der Waals surface area (Å²) in [5.74, 6) is -0.320. The van der Waals surface area contributed by atoms with Crippen LogP contribution in [0.3, 0.4) is 0 Å². The molecular formula is C13H22O4. The van der Waals surface area contributed by atoms with Gasteiger partial charge in [0.1, 0.15) is 0 Å². The highest BCUT2D eigenvalue weighted by atomic mass is 16.5. The van der Waals surface area contributed by atoms with Gasteiger partial charge in [-0.2, -0.15) is 0 Å². The normalized spacial score (nSPS) is 23.6. The number of esters is 1. The van der Waals surface area contributed by atoms with Crippen molar-refractivity contribution in [1.29, 1.82) is 0 Å². The van der Waals surface area contributed by atoms with Crippen LogP contribution in [0, 0.1) is 5.92 Å². The Bertz CT molecular complexity index is 250. The van der Waals surface area contributed by atoms with Gasteiger partial charge in [-0.15, -0.1) is 0 Å². The third kappa shape index (κ3) is 4.88. The average molecular weight is 242 g/mol. The fourth-order valence-corrected chi connectivity index (χ4v) is 1.86. The molecule has 0 spiro atoms. The van der Waals surface area contributed by atoms with Crippen molar-refractivity contribution in [2.75, 3.05) is 26.4 Å². The van der Waals surface area contributed by atoms with E-state index in [9.17, 15) is 4.79 Å². The van der Waals surface area contributed by atoms with Crippen molar-refractivity contribution in [3.05, 3.63) is 12.2 Å². The molecule has 1 rings (SSSR count). The van der Waals surface area contributed by atoms with Gasteiger partial charge < -0.3 is 14.2 Å². The highest BCUT2D eigenvalue weighted by molar-refractivity contribution is 5.73. The van der Waals surface area contributed by atoms with Crippen LogP contribution in [0.15, 0.2) is 12.2 Å². The maximum Gasteiger partial charge on any atom is 0.311 e. The second kappa shape index (κ2) is 8.25. The van der Waals surface area contributed by atoms with Crippen LogP contribution in [-0.2, 0) is 19.0 Å². The van der Waals surface area contributed by atoms with Gasteiger partial charge in [0.2, 0.25) is 0 Å². The largest absolute Gasteiger partial charge is 0.466 e. The molecule has 2 atom stereocenters. The lowest BCUT2D eigenvalue weighted by atomic mass is 9.91. The molecule has 0 heterocycles. The lowest BCUT2D eigenvalue weighted by molar-refractivity contribution is -0.153. The molecule has 0 aromatic heterocycles.